The van der Waals surface area contributed by atoms with Crippen molar-refractivity contribution >= 4 is 30.0 Å². The number of hydrogen-bond acceptors (Lipinski definition) is 3. The molecule has 0 aromatic heterocycles. The molecule has 3 amide bonds. The zero-order chi connectivity index (χ0) is 19.7. The summed E-state index contributed by atoms with van der Waals surface area (Å²) in [6, 6.07) is 14.0. The van der Waals surface area contributed by atoms with Gasteiger partial charge in [-0.1, -0.05) is 30.3 Å². The van der Waals surface area contributed by atoms with Gasteiger partial charge in [0.2, 0.25) is 0 Å². The molecule has 0 spiro atoms. The minimum Gasteiger partial charge on any atom is -0.338 e. The monoisotopic (exact) mass is 418 g/mol. The van der Waals surface area contributed by atoms with Gasteiger partial charge < -0.3 is 16.0 Å². The summed E-state index contributed by atoms with van der Waals surface area (Å²) in [5, 5.41) is 2.71. The predicted molar refractivity (Wildman–Crippen MR) is 112 cm³/mol. The lowest BCUT2D eigenvalue weighted by molar-refractivity contribution is 0.0781. The molecule has 8 heteroatoms. The lowest BCUT2D eigenvalue weighted by atomic mass is 9.89. The zero-order valence-corrected chi connectivity index (χ0v) is 16.7. The van der Waals surface area contributed by atoms with Crippen LogP contribution in [-0.4, -0.2) is 49.6 Å². The Labute approximate surface area is 175 Å². The van der Waals surface area contributed by atoms with Crippen LogP contribution < -0.4 is 16.0 Å². The lowest BCUT2D eigenvalue weighted by Crippen LogP contribution is -2.31. The molecular weight excluding hydrogens is 395 g/mol. The Hall–Kier alpha value is -2.64. The Morgan fingerprint density at radius 2 is 1.93 bits per heavy atom. The van der Waals surface area contributed by atoms with Crippen LogP contribution in [0.4, 0.5) is 14.9 Å². The third-order valence-corrected chi connectivity index (χ3v) is 5.61. The summed E-state index contributed by atoms with van der Waals surface area (Å²) in [7, 11) is 0. The van der Waals surface area contributed by atoms with Crippen LogP contribution in [0.15, 0.2) is 48.5 Å². The topological polar surface area (TPSA) is 78.7 Å². The van der Waals surface area contributed by atoms with E-state index in [4.69, 9.17) is 5.73 Å². The molecule has 0 aliphatic carbocycles. The van der Waals surface area contributed by atoms with Crippen LogP contribution in [0.5, 0.6) is 0 Å². The van der Waals surface area contributed by atoms with E-state index in [0.717, 1.165) is 5.56 Å². The Balaban J connectivity index is 0.00000240. The Morgan fingerprint density at radius 3 is 2.59 bits per heavy atom. The fourth-order valence-corrected chi connectivity index (χ4v) is 4.09. The van der Waals surface area contributed by atoms with E-state index >= 15 is 0 Å². The van der Waals surface area contributed by atoms with Crippen LogP contribution in [-0.2, 0) is 0 Å². The highest BCUT2D eigenvalue weighted by Crippen LogP contribution is 2.33. The molecule has 6 nitrogen and oxygen atoms in total. The number of likely N-dealkylation sites (tertiary alicyclic amines) is 1. The third-order valence-electron chi connectivity index (χ3n) is 5.61. The van der Waals surface area contributed by atoms with Crippen LogP contribution in [0.2, 0.25) is 0 Å². The van der Waals surface area contributed by atoms with E-state index in [1.165, 1.54) is 23.1 Å². The second-order valence-corrected chi connectivity index (χ2v) is 7.27. The van der Waals surface area contributed by atoms with Gasteiger partial charge in [-0.3, -0.25) is 9.69 Å². The van der Waals surface area contributed by atoms with Crippen molar-refractivity contribution in [1.82, 2.24) is 10.2 Å². The molecular formula is C21H24ClFN4O2. The molecule has 2 aliphatic rings. The van der Waals surface area contributed by atoms with Crippen molar-refractivity contribution in [3.05, 3.63) is 65.5 Å². The summed E-state index contributed by atoms with van der Waals surface area (Å²) in [5.41, 5.74) is 7.60. The minimum atomic E-state index is -0.583. The van der Waals surface area contributed by atoms with E-state index in [0.29, 0.717) is 38.4 Å². The number of nitrogens with two attached hydrogens (primary N) is 1. The van der Waals surface area contributed by atoms with Gasteiger partial charge in [0.15, 0.2) is 0 Å². The van der Waals surface area contributed by atoms with Gasteiger partial charge in [0.05, 0.1) is 5.56 Å². The number of nitrogens with one attached hydrogen (secondary N) is 1. The van der Waals surface area contributed by atoms with Crippen LogP contribution in [0.3, 0.4) is 0 Å². The highest BCUT2D eigenvalue weighted by molar-refractivity contribution is 5.98. The standard InChI is InChI=1S/C21H23FN4O2.ClH/c22-19-7-6-16(26-9-8-24-21(26)28)10-17(19)20(27)25-12-15(11-23)18(13-25)14-4-2-1-3-5-14;/h1-7,10,15,18H,8-9,11-13,23H2,(H,24,28);1H/t15-,18+;/m1./s1. The molecule has 29 heavy (non-hydrogen) atoms. The third kappa shape index (κ3) is 4.06. The van der Waals surface area contributed by atoms with Gasteiger partial charge in [-0.25, -0.2) is 9.18 Å². The number of benzene rings is 2. The molecule has 3 N–H and O–H groups in total. The maximum Gasteiger partial charge on any atom is 0.321 e. The van der Waals surface area contributed by atoms with Gasteiger partial charge in [0, 0.05) is 37.8 Å². The van der Waals surface area contributed by atoms with Gasteiger partial charge in [-0.05, 0) is 36.2 Å². The van der Waals surface area contributed by atoms with Gasteiger partial charge in [0.25, 0.3) is 5.91 Å². The van der Waals surface area contributed by atoms with Gasteiger partial charge >= 0.3 is 6.03 Å². The normalized spacial score (nSPS) is 21.1. The van der Waals surface area contributed by atoms with Crippen molar-refractivity contribution in [2.24, 2.45) is 11.7 Å². The van der Waals surface area contributed by atoms with Gasteiger partial charge in [-0.15, -0.1) is 12.4 Å². The second-order valence-electron chi connectivity index (χ2n) is 7.27. The summed E-state index contributed by atoms with van der Waals surface area (Å²) in [6.45, 7) is 2.47. The summed E-state index contributed by atoms with van der Waals surface area (Å²) in [5.74, 6) is -0.690. The first-order valence-corrected chi connectivity index (χ1v) is 9.47. The van der Waals surface area contributed by atoms with Crippen molar-refractivity contribution < 1.29 is 14.0 Å². The van der Waals surface area contributed by atoms with E-state index in [1.54, 1.807) is 4.90 Å². The average Bonchev–Trinajstić information content (AvgIpc) is 3.35. The number of carbonyl (C=O) groups excluding carboxylic acids is 2. The van der Waals surface area contributed by atoms with Crippen molar-refractivity contribution in [3.63, 3.8) is 0 Å². The molecule has 154 valence electrons. The van der Waals surface area contributed by atoms with E-state index in [9.17, 15) is 14.0 Å². The fourth-order valence-electron chi connectivity index (χ4n) is 4.09. The highest BCUT2D eigenvalue weighted by Gasteiger charge is 2.36. The molecule has 0 unspecified atom stereocenters. The Kier molecular flexibility index (Phi) is 6.39. The first-order valence-electron chi connectivity index (χ1n) is 9.47. The molecule has 0 radical (unpaired) electrons. The molecule has 2 saturated heterocycles. The van der Waals surface area contributed by atoms with Crippen LogP contribution in [0, 0.1) is 11.7 Å². The molecule has 4 rings (SSSR count). The second kappa shape index (κ2) is 8.80. The molecule has 2 fully saturated rings. The van der Waals surface area contributed by atoms with Gasteiger partial charge in [0.1, 0.15) is 5.82 Å². The smallest absolute Gasteiger partial charge is 0.321 e. The van der Waals surface area contributed by atoms with E-state index in [-0.39, 0.29) is 41.7 Å². The number of anilines is 1. The molecule has 2 heterocycles. The quantitative estimate of drug-likeness (QED) is 0.801. The van der Waals surface area contributed by atoms with Crippen molar-refractivity contribution in [2.75, 3.05) is 37.6 Å². The van der Waals surface area contributed by atoms with Crippen LogP contribution >= 0.6 is 12.4 Å². The van der Waals surface area contributed by atoms with E-state index < -0.39 is 5.82 Å². The van der Waals surface area contributed by atoms with E-state index in [2.05, 4.69) is 5.32 Å². The summed E-state index contributed by atoms with van der Waals surface area (Å²) >= 11 is 0. The van der Waals surface area contributed by atoms with Crippen molar-refractivity contribution in [2.45, 2.75) is 5.92 Å². The molecule has 0 bridgehead atoms. The van der Waals surface area contributed by atoms with Crippen LogP contribution in [0.25, 0.3) is 0 Å². The first kappa shape index (κ1) is 21.1. The maximum absolute atomic E-state index is 14.5. The van der Waals surface area contributed by atoms with Gasteiger partial charge in [-0.2, -0.15) is 0 Å². The maximum atomic E-state index is 14.5. The Bertz CT molecular complexity index is 896. The summed E-state index contributed by atoms with van der Waals surface area (Å²) < 4.78 is 14.5. The van der Waals surface area contributed by atoms with Crippen molar-refractivity contribution in [3.8, 4) is 0 Å². The number of carbonyl (C=O) groups is 2. The molecule has 0 saturated carbocycles. The van der Waals surface area contributed by atoms with E-state index in [1.807, 2.05) is 30.3 Å². The Morgan fingerprint density at radius 1 is 1.17 bits per heavy atom. The summed E-state index contributed by atoms with van der Waals surface area (Å²) in [4.78, 5) is 28.1. The molecule has 2 aliphatic heterocycles. The average molecular weight is 419 g/mol. The number of hydrogen-bond donors (Lipinski definition) is 2. The number of amides is 3. The molecule has 2 aromatic rings. The number of rotatable bonds is 4. The first-order chi connectivity index (χ1) is 13.6. The van der Waals surface area contributed by atoms with Crippen LogP contribution in [0.1, 0.15) is 21.8 Å². The SMILES string of the molecule is Cl.NC[C@@H]1CN(C(=O)c2cc(N3CCNC3=O)ccc2F)C[C@H]1c1ccccc1. The number of urea groups is 1. The molecule has 2 aromatic carbocycles. The summed E-state index contributed by atoms with van der Waals surface area (Å²) in [6.07, 6.45) is 0. The van der Waals surface area contributed by atoms with Crippen molar-refractivity contribution in [1.29, 1.82) is 0 Å². The number of nitrogens with zero attached hydrogens (tertiary/aromatic N) is 2. The molecule has 2 atom stereocenters. The largest absolute Gasteiger partial charge is 0.338 e. The number of halogens is 2. The lowest BCUT2D eigenvalue weighted by Gasteiger charge is -2.19. The highest BCUT2D eigenvalue weighted by atomic mass is 35.5. The zero-order valence-electron chi connectivity index (χ0n) is 15.9. The predicted octanol–water partition coefficient (Wildman–Crippen LogP) is 2.59. The fraction of sp³-hybridized carbons (Fsp3) is 0.333. The minimum absolute atomic E-state index is 0.